The minimum absolute atomic E-state index is 0. The molecule has 0 spiro atoms. The van der Waals surface area contributed by atoms with E-state index in [1.807, 2.05) is 6.92 Å². The van der Waals surface area contributed by atoms with Gasteiger partial charge in [-0.3, -0.25) is 4.79 Å². The second-order valence-electron chi connectivity index (χ2n) is 10.0. The largest absolute Gasteiger partial charge is 0.396 e. The molecule has 0 aromatic carbocycles. The molecule has 0 amide bonds. The SMILES string of the molecule is CCO/N=C1/C[C@@H]2[C@H](CC[C@]3(C)C(=O)CC[C@@H]23)[C@@]2(C)CC/C(=N/OCCN)CC12.Cl. The molecule has 1 unspecified atom stereocenters. The number of nitrogens with two attached hydrogens (primary N) is 1. The zero-order valence-electron chi connectivity index (χ0n) is 18.7. The minimum Gasteiger partial charge on any atom is -0.396 e. The van der Waals surface area contributed by atoms with Gasteiger partial charge in [-0.25, -0.2) is 0 Å². The van der Waals surface area contributed by atoms with E-state index in [0.717, 1.165) is 57.1 Å². The molecule has 0 bridgehead atoms. The summed E-state index contributed by atoms with van der Waals surface area (Å²) in [6.45, 7) is 8.21. The zero-order chi connectivity index (χ0) is 20.6. The third-order valence-electron chi connectivity index (χ3n) is 8.74. The molecule has 6 atom stereocenters. The van der Waals surface area contributed by atoms with Gasteiger partial charge in [0.1, 0.15) is 19.0 Å². The summed E-state index contributed by atoms with van der Waals surface area (Å²) in [5.74, 6) is 2.55. The Kier molecular flexibility index (Phi) is 7.18. The van der Waals surface area contributed by atoms with E-state index < -0.39 is 0 Å². The van der Waals surface area contributed by atoms with Crippen LogP contribution in [-0.2, 0) is 14.5 Å². The summed E-state index contributed by atoms with van der Waals surface area (Å²) in [5, 5.41) is 9.01. The number of oxime groups is 2. The summed E-state index contributed by atoms with van der Waals surface area (Å²) in [7, 11) is 0. The number of rotatable bonds is 5. The van der Waals surface area contributed by atoms with Crippen LogP contribution >= 0.6 is 12.4 Å². The summed E-state index contributed by atoms with van der Waals surface area (Å²) in [4.78, 5) is 23.7. The standard InChI is InChI=1S/C23H37N3O3.ClH/c1-4-28-26-20-14-16-17-5-6-21(27)23(17,3)10-8-18(16)22(2)9-7-15(13-19(20)22)25-29-12-11-24;/h16-19H,4-14,24H2,1-3H3;1H/b25-15-,26-20-;/t16-,17-,18-,19?,22+,23-;/m0./s1. The van der Waals surface area contributed by atoms with Crippen molar-refractivity contribution < 1.29 is 14.5 Å². The maximum atomic E-state index is 12.7. The lowest BCUT2D eigenvalue weighted by atomic mass is 9.45. The van der Waals surface area contributed by atoms with Crippen LogP contribution in [0.4, 0.5) is 0 Å². The lowest BCUT2D eigenvalue weighted by Crippen LogP contribution is -2.56. The van der Waals surface area contributed by atoms with Crippen molar-refractivity contribution in [2.45, 2.75) is 72.1 Å². The van der Waals surface area contributed by atoms with Gasteiger partial charge in [0, 0.05) is 24.3 Å². The second kappa shape index (κ2) is 9.15. The summed E-state index contributed by atoms with van der Waals surface area (Å²) in [5.41, 5.74) is 7.92. The third kappa shape index (κ3) is 3.79. The number of hydrogen-bond donors (Lipinski definition) is 1. The molecule has 0 saturated heterocycles. The number of Topliss-reactive ketones (excluding diaryl/α,β-unsaturated/α-hetero) is 1. The van der Waals surface area contributed by atoms with E-state index in [4.69, 9.17) is 15.4 Å². The van der Waals surface area contributed by atoms with Crippen LogP contribution in [0.1, 0.15) is 72.1 Å². The van der Waals surface area contributed by atoms with Crippen molar-refractivity contribution in [3.63, 3.8) is 0 Å². The molecule has 0 heterocycles. The molecule has 0 aliphatic heterocycles. The molecule has 4 aliphatic rings. The Morgan fingerprint density at radius 2 is 1.87 bits per heavy atom. The molecule has 7 heteroatoms. The lowest BCUT2D eigenvalue weighted by molar-refractivity contribution is -0.133. The molecular weight excluding hydrogens is 402 g/mol. The first-order valence-corrected chi connectivity index (χ1v) is 11.5. The van der Waals surface area contributed by atoms with E-state index in [1.165, 1.54) is 5.71 Å². The van der Waals surface area contributed by atoms with Gasteiger partial charge in [-0.05, 0) is 75.0 Å². The highest BCUT2D eigenvalue weighted by Crippen LogP contribution is 2.64. The molecule has 30 heavy (non-hydrogen) atoms. The highest BCUT2D eigenvalue weighted by Gasteiger charge is 2.61. The normalized spacial score (nSPS) is 42.9. The minimum atomic E-state index is -0.113. The van der Waals surface area contributed by atoms with E-state index in [9.17, 15) is 4.79 Å². The van der Waals surface area contributed by atoms with Gasteiger partial charge >= 0.3 is 0 Å². The number of ketones is 1. The molecular formula is C23H38ClN3O3. The quantitative estimate of drug-likeness (QED) is 0.509. The average molecular weight is 440 g/mol. The van der Waals surface area contributed by atoms with Gasteiger partial charge in [0.05, 0.1) is 11.4 Å². The lowest BCUT2D eigenvalue weighted by Gasteiger charge is -2.59. The van der Waals surface area contributed by atoms with Gasteiger partial charge in [-0.15, -0.1) is 12.4 Å². The van der Waals surface area contributed by atoms with Crippen LogP contribution in [0.15, 0.2) is 10.3 Å². The predicted molar refractivity (Wildman–Crippen MR) is 121 cm³/mol. The third-order valence-corrected chi connectivity index (χ3v) is 8.74. The maximum Gasteiger partial charge on any atom is 0.139 e. The van der Waals surface area contributed by atoms with Crippen molar-refractivity contribution in [3.05, 3.63) is 0 Å². The fourth-order valence-electron chi connectivity index (χ4n) is 7.17. The number of nitrogens with zero attached hydrogens (tertiary/aromatic N) is 2. The van der Waals surface area contributed by atoms with Crippen LogP contribution in [0, 0.1) is 34.5 Å². The molecule has 4 saturated carbocycles. The van der Waals surface area contributed by atoms with Gasteiger partial charge in [-0.2, -0.15) is 0 Å². The van der Waals surface area contributed by atoms with Crippen LogP contribution in [-0.4, -0.2) is 37.0 Å². The number of halogens is 1. The van der Waals surface area contributed by atoms with E-state index >= 15 is 0 Å². The first-order chi connectivity index (χ1) is 13.9. The molecule has 4 fully saturated rings. The molecule has 4 aliphatic carbocycles. The van der Waals surface area contributed by atoms with Crippen molar-refractivity contribution in [3.8, 4) is 0 Å². The first-order valence-electron chi connectivity index (χ1n) is 11.5. The van der Waals surface area contributed by atoms with Gasteiger partial charge < -0.3 is 15.4 Å². The Morgan fingerprint density at radius 3 is 2.60 bits per heavy atom. The van der Waals surface area contributed by atoms with Gasteiger partial charge in [0.2, 0.25) is 0 Å². The van der Waals surface area contributed by atoms with Crippen molar-refractivity contribution >= 4 is 29.6 Å². The fraction of sp³-hybridized carbons (Fsp3) is 0.870. The van der Waals surface area contributed by atoms with E-state index in [2.05, 4.69) is 24.2 Å². The second-order valence-corrected chi connectivity index (χ2v) is 10.0. The Labute approximate surface area is 186 Å². The summed E-state index contributed by atoms with van der Waals surface area (Å²) in [6.07, 6.45) is 7.98. The molecule has 0 aromatic heterocycles. The smallest absolute Gasteiger partial charge is 0.139 e. The maximum absolute atomic E-state index is 12.7. The van der Waals surface area contributed by atoms with E-state index in [0.29, 0.717) is 49.2 Å². The topological polar surface area (TPSA) is 86.3 Å². The van der Waals surface area contributed by atoms with Crippen molar-refractivity contribution in [1.29, 1.82) is 0 Å². The summed E-state index contributed by atoms with van der Waals surface area (Å²) in [6, 6.07) is 0. The monoisotopic (exact) mass is 439 g/mol. The average Bonchev–Trinajstić information content (AvgIpc) is 3.01. The van der Waals surface area contributed by atoms with E-state index in [1.54, 1.807) is 0 Å². The number of hydrogen-bond acceptors (Lipinski definition) is 6. The molecule has 0 radical (unpaired) electrons. The Hall–Kier alpha value is -1.14. The van der Waals surface area contributed by atoms with Crippen molar-refractivity contribution in [1.82, 2.24) is 0 Å². The highest BCUT2D eigenvalue weighted by atomic mass is 35.5. The Morgan fingerprint density at radius 1 is 1.07 bits per heavy atom. The Bertz CT molecular complexity index is 712. The summed E-state index contributed by atoms with van der Waals surface area (Å²) >= 11 is 0. The van der Waals surface area contributed by atoms with Crippen LogP contribution in [0.5, 0.6) is 0 Å². The predicted octanol–water partition coefficient (Wildman–Crippen LogP) is 4.35. The molecule has 6 nitrogen and oxygen atoms in total. The zero-order valence-corrected chi connectivity index (χ0v) is 19.5. The number of fused-ring (bicyclic) bond motifs is 5. The molecule has 4 rings (SSSR count). The number of carbonyl (C=O) groups excluding carboxylic acids is 1. The fourth-order valence-corrected chi connectivity index (χ4v) is 7.17. The van der Waals surface area contributed by atoms with Gasteiger partial charge in [0.25, 0.3) is 0 Å². The van der Waals surface area contributed by atoms with Crippen molar-refractivity contribution in [2.75, 3.05) is 19.8 Å². The van der Waals surface area contributed by atoms with Crippen LogP contribution < -0.4 is 5.73 Å². The highest BCUT2D eigenvalue weighted by molar-refractivity contribution is 5.96. The Balaban J connectivity index is 0.00000256. The molecule has 2 N–H and O–H groups in total. The van der Waals surface area contributed by atoms with Gasteiger partial charge in [-0.1, -0.05) is 24.2 Å². The van der Waals surface area contributed by atoms with Crippen molar-refractivity contribution in [2.24, 2.45) is 50.5 Å². The van der Waals surface area contributed by atoms with Gasteiger partial charge in [0.15, 0.2) is 0 Å². The van der Waals surface area contributed by atoms with E-state index in [-0.39, 0.29) is 23.2 Å². The van der Waals surface area contributed by atoms with Crippen LogP contribution in [0.3, 0.4) is 0 Å². The molecule has 0 aromatic rings. The number of carbonyl (C=O) groups is 1. The van der Waals surface area contributed by atoms with Crippen LogP contribution in [0.2, 0.25) is 0 Å². The summed E-state index contributed by atoms with van der Waals surface area (Å²) < 4.78 is 0. The molecule has 170 valence electrons. The first kappa shape index (κ1) is 23.5. The van der Waals surface area contributed by atoms with Crippen LogP contribution in [0.25, 0.3) is 0 Å².